The molecule has 0 amide bonds. The number of benzene rings is 1. The van der Waals surface area contributed by atoms with E-state index in [1.807, 2.05) is 12.1 Å². The molecule has 0 unspecified atom stereocenters. The molecule has 8 nitrogen and oxygen atoms in total. The summed E-state index contributed by atoms with van der Waals surface area (Å²) in [6.07, 6.45) is 1.37. The summed E-state index contributed by atoms with van der Waals surface area (Å²) in [5, 5.41) is 0. The third-order valence-corrected chi connectivity index (χ3v) is 4.30. The summed E-state index contributed by atoms with van der Waals surface area (Å²) in [5.41, 5.74) is 1.83. The molecule has 136 valence electrons. The first-order valence-electron chi connectivity index (χ1n) is 8.21. The van der Waals surface area contributed by atoms with Gasteiger partial charge in [0.05, 0.1) is 19.8 Å². The number of rotatable bonds is 4. The third-order valence-electron chi connectivity index (χ3n) is 4.30. The topological polar surface area (TPSA) is 84.9 Å². The van der Waals surface area contributed by atoms with Gasteiger partial charge < -0.3 is 19.3 Å². The van der Waals surface area contributed by atoms with Crippen molar-refractivity contribution < 1.29 is 19.1 Å². The Morgan fingerprint density at radius 3 is 2.12 bits per heavy atom. The number of methoxy groups -OCH3 is 2. The lowest BCUT2D eigenvalue weighted by atomic mass is 10.2. The van der Waals surface area contributed by atoms with Gasteiger partial charge in [0.2, 0.25) is 0 Å². The number of carbonyl (C=O) groups is 2. The van der Waals surface area contributed by atoms with E-state index in [1.165, 1.54) is 20.5 Å². The summed E-state index contributed by atoms with van der Waals surface area (Å²) in [6.45, 7) is 3.12. The SMILES string of the molecule is COC(=O)c1ccc(N2CCN(c3cc(C(=O)OC)ncn3)CC2)cc1. The fourth-order valence-corrected chi connectivity index (χ4v) is 2.86. The highest BCUT2D eigenvalue weighted by molar-refractivity contribution is 5.89. The van der Waals surface area contributed by atoms with Crippen LogP contribution in [0.1, 0.15) is 20.8 Å². The number of esters is 2. The zero-order valence-electron chi connectivity index (χ0n) is 14.7. The highest BCUT2D eigenvalue weighted by Crippen LogP contribution is 2.20. The summed E-state index contributed by atoms with van der Waals surface area (Å²) in [6, 6.07) is 9.01. The predicted octanol–water partition coefficient (Wildman–Crippen LogP) is 1.38. The number of anilines is 2. The van der Waals surface area contributed by atoms with E-state index in [-0.39, 0.29) is 11.7 Å². The van der Waals surface area contributed by atoms with Crippen LogP contribution in [0.2, 0.25) is 0 Å². The van der Waals surface area contributed by atoms with E-state index in [2.05, 4.69) is 19.8 Å². The molecule has 3 rings (SSSR count). The van der Waals surface area contributed by atoms with Gasteiger partial charge in [-0.15, -0.1) is 0 Å². The first-order valence-corrected chi connectivity index (χ1v) is 8.21. The molecule has 1 saturated heterocycles. The molecule has 0 aliphatic carbocycles. The second-order valence-corrected chi connectivity index (χ2v) is 5.77. The Morgan fingerprint density at radius 1 is 0.885 bits per heavy atom. The number of aromatic nitrogens is 2. The van der Waals surface area contributed by atoms with Crippen LogP contribution in [0.25, 0.3) is 0 Å². The highest BCUT2D eigenvalue weighted by atomic mass is 16.5. The van der Waals surface area contributed by atoms with Crippen molar-refractivity contribution in [2.75, 3.05) is 50.2 Å². The number of piperazine rings is 1. The van der Waals surface area contributed by atoms with Crippen molar-refractivity contribution in [2.45, 2.75) is 0 Å². The minimum Gasteiger partial charge on any atom is -0.465 e. The Hall–Kier alpha value is -3.16. The lowest BCUT2D eigenvalue weighted by molar-refractivity contribution is 0.0588. The van der Waals surface area contributed by atoms with Crippen LogP contribution < -0.4 is 9.80 Å². The molecule has 2 aromatic rings. The molecule has 0 saturated carbocycles. The molecule has 1 aliphatic rings. The molecule has 1 fully saturated rings. The van der Waals surface area contributed by atoms with Gasteiger partial charge in [-0.2, -0.15) is 0 Å². The molecule has 0 spiro atoms. The summed E-state index contributed by atoms with van der Waals surface area (Å²) >= 11 is 0. The average Bonchev–Trinajstić information content (AvgIpc) is 2.73. The monoisotopic (exact) mass is 356 g/mol. The Labute approximate surface area is 151 Å². The standard InChI is InChI=1S/C18H20N4O4/c1-25-17(23)13-3-5-14(6-4-13)21-7-9-22(10-8-21)16-11-15(18(24)26-2)19-12-20-16/h3-6,11-12H,7-10H2,1-2H3. The maximum Gasteiger partial charge on any atom is 0.356 e. The molecule has 0 atom stereocenters. The molecule has 0 bridgehead atoms. The second kappa shape index (κ2) is 7.81. The first-order chi connectivity index (χ1) is 12.6. The molecule has 1 aromatic heterocycles. The van der Waals surface area contributed by atoms with Crippen molar-refractivity contribution in [3.05, 3.63) is 47.9 Å². The maximum atomic E-state index is 11.6. The van der Waals surface area contributed by atoms with E-state index >= 15 is 0 Å². The van der Waals surface area contributed by atoms with Gasteiger partial charge in [-0.3, -0.25) is 0 Å². The third kappa shape index (κ3) is 3.74. The van der Waals surface area contributed by atoms with Crippen molar-refractivity contribution in [2.24, 2.45) is 0 Å². The summed E-state index contributed by atoms with van der Waals surface area (Å²) in [7, 11) is 2.70. The van der Waals surface area contributed by atoms with Gasteiger partial charge in [0.25, 0.3) is 0 Å². The number of hydrogen-bond acceptors (Lipinski definition) is 8. The van der Waals surface area contributed by atoms with Crippen LogP contribution in [0.4, 0.5) is 11.5 Å². The summed E-state index contributed by atoms with van der Waals surface area (Å²) in [5.74, 6) is -0.106. The Morgan fingerprint density at radius 2 is 1.50 bits per heavy atom. The smallest absolute Gasteiger partial charge is 0.356 e. The van der Waals surface area contributed by atoms with Crippen molar-refractivity contribution in [3.63, 3.8) is 0 Å². The second-order valence-electron chi connectivity index (χ2n) is 5.77. The quantitative estimate of drug-likeness (QED) is 0.760. The van der Waals surface area contributed by atoms with Gasteiger partial charge in [0, 0.05) is 37.9 Å². The average molecular weight is 356 g/mol. The molecule has 1 aliphatic heterocycles. The van der Waals surface area contributed by atoms with Crippen molar-refractivity contribution >= 4 is 23.4 Å². The van der Waals surface area contributed by atoms with E-state index in [0.29, 0.717) is 11.4 Å². The van der Waals surface area contributed by atoms with Crippen LogP contribution >= 0.6 is 0 Å². The van der Waals surface area contributed by atoms with Crippen LogP contribution in [0, 0.1) is 0 Å². The van der Waals surface area contributed by atoms with Crippen molar-refractivity contribution in [1.82, 2.24) is 9.97 Å². The predicted molar refractivity (Wildman–Crippen MR) is 95.6 cm³/mol. The van der Waals surface area contributed by atoms with Crippen LogP contribution in [0.15, 0.2) is 36.7 Å². The molecular formula is C18H20N4O4. The van der Waals surface area contributed by atoms with Crippen LogP contribution in [0.5, 0.6) is 0 Å². The zero-order chi connectivity index (χ0) is 18.5. The molecule has 1 aromatic carbocycles. The lowest BCUT2D eigenvalue weighted by Gasteiger charge is -2.36. The van der Waals surface area contributed by atoms with Gasteiger partial charge >= 0.3 is 11.9 Å². The van der Waals surface area contributed by atoms with E-state index in [9.17, 15) is 9.59 Å². The highest BCUT2D eigenvalue weighted by Gasteiger charge is 2.20. The molecule has 0 N–H and O–H groups in total. The normalized spacial score (nSPS) is 14.1. The van der Waals surface area contributed by atoms with Gasteiger partial charge in [0.1, 0.15) is 12.1 Å². The van der Waals surface area contributed by atoms with Gasteiger partial charge in [0.15, 0.2) is 5.69 Å². The largest absolute Gasteiger partial charge is 0.465 e. The van der Waals surface area contributed by atoms with Crippen LogP contribution in [-0.4, -0.2) is 62.3 Å². The van der Waals surface area contributed by atoms with E-state index in [1.54, 1.807) is 18.2 Å². The lowest BCUT2D eigenvalue weighted by Crippen LogP contribution is -2.46. The molecular weight excluding hydrogens is 336 g/mol. The zero-order valence-corrected chi connectivity index (χ0v) is 14.7. The van der Waals surface area contributed by atoms with Gasteiger partial charge in [-0.25, -0.2) is 19.6 Å². The number of hydrogen-bond donors (Lipinski definition) is 0. The van der Waals surface area contributed by atoms with Crippen molar-refractivity contribution in [1.29, 1.82) is 0 Å². The van der Waals surface area contributed by atoms with Crippen LogP contribution in [-0.2, 0) is 9.47 Å². The molecule has 26 heavy (non-hydrogen) atoms. The van der Waals surface area contributed by atoms with Crippen LogP contribution in [0.3, 0.4) is 0 Å². The Kier molecular flexibility index (Phi) is 5.31. The fourth-order valence-electron chi connectivity index (χ4n) is 2.86. The van der Waals surface area contributed by atoms with E-state index < -0.39 is 5.97 Å². The minimum absolute atomic E-state index is 0.248. The number of nitrogens with zero attached hydrogens (tertiary/aromatic N) is 4. The fraction of sp³-hybridized carbons (Fsp3) is 0.333. The molecule has 2 heterocycles. The maximum absolute atomic E-state index is 11.6. The Bertz CT molecular complexity index is 786. The summed E-state index contributed by atoms with van der Waals surface area (Å²) in [4.78, 5) is 35.7. The van der Waals surface area contributed by atoms with Gasteiger partial charge in [-0.1, -0.05) is 0 Å². The number of carbonyl (C=O) groups excluding carboxylic acids is 2. The molecule has 0 radical (unpaired) electrons. The molecule has 8 heteroatoms. The minimum atomic E-state index is -0.474. The summed E-state index contributed by atoms with van der Waals surface area (Å²) < 4.78 is 9.41. The van der Waals surface area contributed by atoms with E-state index in [0.717, 1.165) is 31.9 Å². The number of ether oxygens (including phenoxy) is 2. The van der Waals surface area contributed by atoms with E-state index in [4.69, 9.17) is 9.47 Å². The van der Waals surface area contributed by atoms with Gasteiger partial charge in [-0.05, 0) is 24.3 Å². The van der Waals surface area contributed by atoms with Crippen molar-refractivity contribution in [3.8, 4) is 0 Å². The first kappa shape index (κ1) is 17.7. The Balaban J connectivity index is 1.64.